The van der Waals surface area contributed by atoms with Gasteiger partial charge in [0, 0.05) is 38.5 Å². The number of rotatable bonds is 10. The fraction of sp³-hybridized carbons (Fsp3) is 0.591. The standard InChI is InChI=1S/C22H33N3O5S/c1-22(2,3)30-20(27)14-10-16-25(4)19(26)13-6-5-9-15-23-21-17-11-7-8-12-18(17)31(28,29)24-21/h7-8,11-12H,5-6,9-10,13-16H2,1-4H3,(H,23,24). The first-order chi connectivity index (χ1) is 14.5. The maximum absolute atomic E-state index is 12.2. The highest BCUT2D eigenvalue weighted by atomic mass is 32.2. The fourth-order valence-corrected chi connectivity index (χ4v) is 4.43. The van der Waals surface area contributed by atoms with Crippen molar-refractivity contribution in [1.29, 1.82) is 0 Å². The van der Waals surface area contributed by atoms with Crippen molar-refractivity contribution >= 4 is 27.7 Å². The lowest BCUT2D eigenvalue weighted by Crippen LogP contribution is -2.29. The first-order valence-electron chi connectivity index (χ1n) is 10.6. The molecule has 0 aromatic heterocycles. The van der Waals surface area contributed by atoms with E-state index in [1.165, 1.54) is 0 Å². The van der Waals surface area contributed by atoms with E-state index in [2.05, 4.69) is 9.71 Å². The van der Waals surface area contributed by atoms with Crippen molar-refractivity contribution in [2.45, 2.75) is 69.8 Å². The van der Waals surface area contributed by atoms with Gasteiger partial charge in [0.15, 0.2) is 0 Å². The molecule has 2 rings (SSSR count). The van der Waals surface area contributed by atoms with Gasteiger partial charge < -0.3 is 9.64 Å². The Morgan fingerprint density at radius 2 is 1.77 bits per heavy atom. The monoisotopic (exact) mass is 451 g/mol. The molecule has 1 aromatic carbocycles. The smallest absolute Gasteiger partial charge is 0.306 e. The summed E-state index contributed by atoms with van der Waals surface area (Å²) in [5.41, 5.74) is 0.111. The van der Waals surface area contributed by atoms with Crippen molar-refractivity contribution in [3.8, 4) is 0 Å². The highest BCUT2D eigenvalue weighted by Crippen LogP contribution is 2.22. The van der Waals surface area contributed by atoms with Gasteiger partial charge in [0.2, 0.25) is 5.91 Å². The van der Waals surface area contributed by atoms with Crippen LogP contribution in [0.3, 0.4) is 0 Å². The molecule has 0 bridgehead atoms. The van der Waals surface area contributed by atoms with Gasteiger partial charge in [-0.3, -0.25) is 19.3 Å². The summed E-state index contributed by atoms with van der Waals surface area (Å²) in [5, 5.41) is 0. The predicted octanol–water partition coefficient (Wildman–Crippen LogP) is 2.87. The lowest BCUT2D eigenvalue weighted by molar-refractivity contribution is -0.155. The number of carbonyl (C=O) groups excluding carboxylic acids is 2. The van der Waals surface area contributed by atoms with Crippen molar-refractivity contribution < 1.29 is 22.7 Å². The zero-order chi connectivity index (χ0) is 23.1. The summed E-state index contributed by atoms with van der Waals surface area (Å²) >= 11 is 0. The van der Waals surface area contributed by atoms with E-state index in [1.807, 2.05) is 20.8 Å². The van der Waals surface area contributed by atoms with E-state index in [0.29, 0.717) is 43.8 Å². The van der Waals surface area contributed by atoms with Crippen molar-refractivity contribution in [1.82, 2.24) is 9.62 Å². The minimum Gasteiger partial charge on any atom is -0.460 e. The summed E-state index contributed by atoms with van der Waals surface area (Å²) in [6.07, 6.45) is 3.64. The van der Waals surface area contributed by atoms with E-state index < -0.39 is 15.6 Å². The number of fused-ring (bicyclic) bond motifs is 1. The lowest BCUT2D eigenvalue weighted by atomic mass is 10.1. The number of amides is 1. The topological polar surface area (TPSA) is 105 Å². The first kappa shape index (κ1) is 24.8. The second-order valence-electron chi connectivity index (χ2n) is 8.65. The van der Waals surface area contributed by atoms with E-state index in [9.17, 15) is 18.0 Å². The number of unbranched alkanes of at least 4 members (excludes halogenated alkanes) is 2. The maximum atomic E-state index is 12.2. The zero-order valence-corrected chi connectivity index (χ0v) is 19.6. The Morgan fingerprint density at radius 1 is 1.06 bits per heavy atom. The number of nitrogens with zero attached hydrogens (tertiary/aromatic N) is 2. The van der Waals surface area contributed by atoms with Crippen LogP contribution in [0.15, 0.2) is 34.2 Å². The van der Waals surface area contributed by atoms with E-state index in [-0.39, 0.29) is 16.8 Å². The number of hydrogen-bond donors (Lipinski definition) is 1. The molecular formula is C22H33N3O5S. The summed E-state index contributed by atoms with van der Waals surface area (Å²) < 4.78 is 31.8. The predicted molar refractivity (Wildman–Crippen MR) is 119 cm³/mol. The summed E-state index contributed by atoms with van der Waals surface area (Å²) in [5.74, 6) is 0.187. The van der Waals surface area contributed by atoms with Crippen LogP contribution in [0, 0.1) is 0 Å². The Kier molecular flexibility index (Phi) is 8.61. The molecule has 1 aliphatic rings. The van der Waals surface area contributed by atoms with E-state index >= 15 is 0 Å². The number of carbonyl (C=O) groups is 2. The molecule has 1 N–H and O–H groups in total. The molecule has 0 unspecified atom stereocenters. The summed E-state index contributed by atoms with van der Waals surface area (Å²) in [6.45, 7) is 6.50. The highest BCUT2D eigenvalue weighted by molar-refractivity contribution is 7.90. The lowest BCUT2D eigenvalue weighted by Gasteiger charge is -2.20. The van der Waals surface area contributed by atoms with Gasteiger partial charge in [-0.1, -0.05) is 18.6 Å². The van der Waals surface area contributed by atoms with Crippen LogP contribution >= 0.6 is 0 Å². The molecule has 1 aliphatic heterocycles. The van der Waals surface area contributed by atoms with Gasteiger partial charge in [-0.15, -0.1) is 0 Å². The molecule has 0 fully saturated rings. The van der Waals surface area contributed by atoms with Crippen molar-refractivity contribution in [2.75, 3.05) is 20.1 Å². The minimum absolute atomic E-state index is 0.0491. The molecule has 9 heteroatoms. The SMILES string of the molecule is CN(CCCC(=O)OC(C)(C)C)C(=O)CCCCCN=C1NS(=O)(=O)c2ccccc21. The average Bonchev–Trinajstić information content (AvgIpc) is 2.93. The molecule has 0 aliphatic carbocycles. The van der Waals surface area contributed by atoms with Crippen LogP contribution < -0.4 is 4.72 Å². The van der Waals surface area contributed by atoms with E-state index in [4.69, 9.17) is 4.74 Å². The summed E-state index contributed by atoms with van der Waals surface area (Å²) in [6, 6.07) is 6.78. The third-order valence-electron chi connectivity index (χ3n) is 4.70. The number of benzene rings is 1. The van der Waals surface area contributed by atoms with Crippen LogP contribution in [0.5, 0.6) is 0 Å². The first-order valence-corrected chi connectivity index (χ1v) is 12.1. The summed E-state index contributed by atoms with van der Waals surface area (Å²) in [7, 11) is -1.76. The van der Waals surface area contributed by atoms with Crippen molar-refractivity contribution in [3.05, 3.63) is 29.8 Å². The number of hydrogen-bond acceptors (Lipinski definition) is 6. The van der Waals surface area contributed by atoms with E-state index in [0.717, 1.165) is 19.3 Å². The molecule has 0 saturated heterocycles. The second-order valence-corrected chi connectivity index (χ2v) is 10.3. The average molecular weight is 452 g/mol. The Morgan fingerprint density at radius 3 is 2.48 bits per heavy atom. The van der Waals surface area contributed by atoms with Crippen LogP contribution in [0.4, 0.5) is 0 Å². The Bertz CT molecular complexity index is 919. The molecule has 8 nitrogen and oxygen atoms in total. The van der Waals surface area contributed by atoms with Gasteiger partial charge in [-0.2, -0.15) is 0 Å². The molecule has 0 radical (unpaired) electrons. The minimum atomic E-state index is -3.51. The molecule has 1 aromatic rings. The maximum Gasteiger partial charge on any atom is 0.306 e. The Hall–Kier alpha value is -2.42. The number of sulfonamides is 1. The van der Waals surface area contributed by atoms with Gasteiger partial charge in [-0.05, 0) is 52.2 Å². The number of esters is 1. The molecule has 1 amide bonds. The van der Waals surface area contributed by atoms with Crippen LogP contribution in [0.2, 0.25) is 0 Å². The molecule has 0 spiro atoms. The Balaban J connectivity index is 1.63. The number of amidine groups is 1. The van der Waals surface area contributed by atoms with Crippen LogP contribution in [-0.4, -0.2) is 56.8 Å². The van der Waals surface area contributed by atoms with Gasteiger partial charge in [-0.25, -0.2) is 8.42 Å². The normalized spacial score (nSPS) is 15.9. The van der Waals surface area contributed by atoms with Crippen molar-refractivity contribution in [2.24, 2.45) is 4.99 Å². The summed E-state index contributed by atoms with van der Waals surface area (Å²) in [4.78, 5) is 30.2. The second kappa shape index (κ2) is 10.7. The molecule has 0 atom stereocenters. The molecule has 0 saturated carbocycles. The largest absolute Gasteiger partial charge is 0.460 e. The third-order valence-corrected chi connectivity index (χ3v) is 6.10. The van der Waals surface area contributed by atoms with Gasteiger partial charge in [0.25, 0.3) is 10.0 Å². The molecule has 31 heavy (non-hydrogen) atoms. The van der Waals surface area contributed by atoms with Crippen LogP contribution in [-0.2, 0) is 24.3 Å². The number of ether oxygens (including phenoxy) is 1. The number of nitrogens with one attached hydrogen (secondary N) is 1. The number of aliphatic imine (C=N–C) groups is 1. The molecule has 172 valence electrons. The van der Waals surface area contributed by atoms with Crippen LogP contribution in [0.25, 0.3) is 0 Å². The Labute approximate surface area is 185 Å². The fourth-order valence-electron chi connectivity index (χ4n) is 3.18. The quantitative estimate of drug-likeness (QED) is 0.435. The van der Waals surface area contributed by atoms with Crippen molar-refractivity contribution in [3.63, 3.8) is 0 Å². The third kappa shape index (κ3) is 7.97. The van der Waals surface area contributed by atoms with Gasteiger partial charge in [0.05, 0.1) is 4.90 Å². The highest BCUT2D eigenvalue weighted by Gasteiger charge is 2.29. The van der Waals surface area contributed by atoms with Gasteiger partial charge in [0.1, 0.15) is 11.4 Å². The van der Waals surface area contributed by atoms with Gasteiger partial charge >= 0.3 is 5.97 Å². The van der Waals surface area contributed by atoms with Crippen LogP contribution in [0.1, 0.15) is 64.9 Å². The molecular weight excluding hydrogens is 418 g/mol. The zero-order valence-electron chi connectivity index (χ0n) is 18.8. The molecule has 1 heterocycles. The van der Waals surface area contributed by atoms with E-state index in [1.54, 1.807) is 36.2 Å².